The second-order valence-electron chi connectivity index (χ2n) is 6.06. The van der Waals surface area contributed by atoms with Crippen LogP contribution in [0.25, 0.3) is 0 Å². The molecule has 1 rings (SSSR count). The maximum atomic E-state index is 12.0. The van der Waals surface area contributed by atoms with E-state index in [1.165, 1.54) is 6.92 Å². The number of aliphatic hydroxyl groups excluding tert-OH is 1. The molecule has 1 fully saturated rings. The molecule has 7 heteroatoms. The molecule has 1 saturated heterocycles. The summed E-state index contributed by atoms with van der Waals surface area (Å²) in [7, 11) is 0. The van der Waals surface area contributed by atoms with Crippen molar-refractivity contribution in [2.45, 2.75) is 45.4 Å². The molecule has 2 unspecified atom stereocenters. The van der Waals surface area contributed by atoms with E-state index in [0.717, 1.165) is 0 Å². The van der Waals surface area contributed by atoms with Crippen molar-refractivity contribution in [1.82, 2.24) is 9.80 Å². The summed E-state index contributed by atoms with van der Waals surface area (Å²) in [5, 5.41) is 9.33. The number of hydrogen-bond acceptors (Lipinski definition) is 5. The predicted octanol–water partition coefficient (Wildman–Crippen LogP) is -0.226. The van der Waals surface area contributed by atoms with Crippen LogP contribution in [0, 0.1) is 0 Å². The smallest absolute Gasteiger partial charge is 0.410 e. The highest BCUT2D eigenvalue weighted by Gasteiger charge is 2.30. The fourth-order valence-corrected chi connectivity index (χ4v) is 1.85. The van der Waals surface area contributed by atoms with Crippen LogP contribution >= 0.6 is 0 Å². The van der Waals surface area contributed by atoms with Gasteiger partial charge in [-0.2, -0.15) is 0 Å². The summed E-state index contributed by atoms with van der Waals surface area (Å²) in [4.78, 5) is 27.0. The monoisotopic (exact) mass is 287 g/mol. The third-order valence-corrected chi connectivity index (χ3v) is 3.05. The van der Waals surface area contributed by atoms with Crippen molar-refractivity contribution in [1.29, 1.82) is 0 Å². The van der Waals surface area contributed by atoms with Crippen LogP contribution in [0.5, 0.6) is 0 Å². The van der Waals surface area contributed by atoms with Gasteiger partial charge in [0.05, 0.1) is 6.10 Å². The minimum atomic E-state index is -0.914. The summed E-state index contributed by atoms with van der Waals surface area (Å²) < 4.78 is 5.28. The lowest BCUT2D eigenvalue weighted by Gasteiger charge is -2.36. The second-order valence-corrected chi connectivity index (χ2v) is 6.06. The maximum absolute atomic E-state index is 12.0. The van der Waals surface area contributed by atoms with Crippen LogP contribution in [0.1, 0.15) is 27.7 Å². The number of carbonyl (C=O) groups is 2. The van der Waals surface area contributed by atoms with Gasteiger partial charge in [-0.1, -0.05) is 0 Å². The van der Waals surface area contributed by atoms with Gasteiger partial charge in [0.2, 0.25) is 5.91 Å². The molecule has 116 valence electrons. The zero-order chi connectivity index (χ0) is 15.5. The second kappa shape index (κ2) is 6.41. The minimum Gasteiger partial charge on any atom is -0.444 e. The number of nitrogens with two attached hydrogens (primary N) is 1. The van der Waals surface area contributed by atoms with E-state index < -0.39 is 17.7 Å². The lowest BCUT2D eigenvalue weighted by Crippen LogP contribution is -2.56. The van der Waals surface area contributed by atoms with Gasteiger partial charge in [0.15, 0.2) is 0 Å². The normalized spacial score (nSPS) is 19.5. The zero-order valence-electron chi connectivity index (χ0n) is 12.6. The molecule has 0 radical (unpaired) electrons. The van der Waals surface area contributed by atoms with E-state index in [-0.39, 0.29) is 12.0 Å². The molecular weight excluding hydrogens is 262 g/mol. The molecule has 3 N–H and O–H groups in total. The number of aliphatic hydroxyl groups is 1. The summed E-state index contributed by atoms with van der Waals surface area (Å²) in [5.74, 6) is -0.288. The van der Waals surface area contributed by atoms with Gasteiger partial charge in [0.25, 0.3) is 0 Å². The Hall–Kier alpha value is -1.34. The molecule has 0 saturated carbocycles. The zero-order valence-corrected chi connectivity index (χ0v) is 12.6. The highest BCUT2D eigenvalue weighted by Crippen LogP contribution is 2.12. The summed E-state index contributed by atoms with van der Waals surface area (Å²) in [5.41, 5.74) is 5.09. The summed E-state index contributed by atoms with van der Waals surface area (Å²) in [6.45, 7) is 8.54. The van der Waals surface area contributed by atoms with Crippen LogP contribution in [0.3, 0.4) is 0 Å². The Kier molecular flexibility index (Phi) is 5.35. The van der Waals surface area contributed by atoms with Gasteiger partial charge in [0, 0.05) is 26.2 Å². The van der Waals surface area contributed by atoms with E-state index in [9.17, 15) is 14.7 Å². The van der Waals surface area contributed by atoms with Gasteiger partial charge < -0.3 is 25.4 Å². The third kappa shape index (κ3) is 4.64. The maximum Gasteiger partial charge on any atom is 0.410 e. The first-order valence-electron chi connectivity index (χ1n) is 6.82. The number of amides is 2. The van der Waals surface area contributed by atoms with E-state index in [1.807, 2.05) is 20.8 Å². The predicted molar refractivity (Wildman–Crippen MR) is 74.0 cm³/mol. The van der Waals surface area contributed by atoms with E-state index in [0.29, 0.717) is 26.2 Å². The van der Waals surface area contributed by atoms with Crippen molar-refractivity contribution in [2.75, 3.05) is 26.2 Å². The first kappa shape index (κ1) is 16.7. The molecule has 7 nitrogen and oxygen atoms in total. The first-order chi connectivity index (χ1) is 9.11. The van der Waals surface area contributed by atoms with Gasteiger partial charge in [0.1, 0.15) is 11.6 Å². The Balaban J connectivity index is 2.48. The van der Waals surface area contributed by atoms with Crippen molar-refractivity contribution in [2.24, 2.45) is 5.73 Å². The van der Waals surface area contributed by atoms with Crippen LogP contribution in [0.15, 0.2) is 0 Å². The molecular formula is C13H25N3O4. The van der Waals surface area contributed by atoms with Crippen LogP contribution in [0.2, 0.25) is 0 Å². The molecule has 1 aliphatic heterocycles. The highest BCUT2D eigenvalue weighted by atomic mass is 16.6. The third-order valence-electron chi connectivity index (χ3n) is 3.05. The van der Waals surface area contributed by atoms with E-state index in [4.69, 9.17) is 10.5 Å². The quantitative estimate of drug-likeness (QED) is 0.731. The van der Waals surface area contributed by atoms with Crippen molar-refractivity contribution in [3.63, 3.8) is 0 Å². The van der Waals surface area contributed by atoms with Crippen molar-refractivity contribution in [3.05, 3.63) is 0 Å². The van der Waals surface area contributed by atoms with E-state index in [1.54, 1.807) is 9.80 Å². The molecule has 1 heterocycles. The highest BCUT2D eigenvalue weighted by molar-refractivity contribution is 5.82. The van der Waals surface area contributed by atoms with Crippen molar-refractivity contribution >= 4 is 12.0 Å². The van der Waals surface area contributed by atoms with Gasteiger partial charge in [-0.15, -0.1) is 0 Å². The largest absolute Gasteiger partial charge is 0.444 e. The molecule has 1 aliphatic rings. The molecule has 0 aromatic heterocycles. The fourth-order valence-electron chi connectivity index (χ4n) is 1.85. The number of rotatable bonds is 2. The first-order valence-corrected chi connectivity index (χ1v) is 6.82. The number of carbonyl (C=O) groups excluding carboxylic acids is 2. The topological polar surface area (TPSA) is 96.1 Å². The summed E-state index contributed by atoms with van der Waals surface area (Å²) in [6.07, 6.45) is -1.25. The molecule has 20 heavy (non-hydrogen) atoms. The van der Waals surface area contributed by atoms with Crippen molar-refractivity contribution in [3.8, 4) is 0 Å². The van der Waals surface area contributed by atoms with Crippen LogP contribution < -0.4 is 5.73 Å². The van der Waals surface area contributed by atoms with Gasteiger partial charge >= 0.3 is 6.09 Å². The number of nitrogens with zero attached hydrogens (tertiary/aromatic N) is 2. The standard InChI is InChI=1S/C13H25N3O4/c1-9(17)10(14)11(18)15-5-7-16(8-6-15)12(19)20-13(2,3)4/h9-10,17H,5-8,14H2,1-4H3. The van der Waals surface area contributed by atoms with Gasteiger partial charge in [-0.25, -0.2) is 4.79 Å². The lowest BCUT2D eigenvalue weighted by molar-refractivity contribution is -0.136. The van der Waals surface area contributed by atoms with Crippen LogP contribution in [-0.2, 0) is 9.53 Å². The van der Waals surface area contributed by atoms with Crippen LogP contribution in [-0.4, -0.2) is 70.8 Å². The summed E-state index contributed by atoms with van der Waals surface area (Å²) in [6, 6.07) is -0.914. The van der Waals surface area contributed by atoms with Crippen molar-refractivity contribution < 1.29 is 19.4 Å². The van der Waals surface area contributed by atoms with Gasteiger partial charge in [-0.3, -0.25) is 4.79 Å². The fraction of sp³-hybridized carbons (Fsp3) is 0.846. The molecule has 0 bridgehead atoms. The Morgan fingerprint density at radius 1 is 1.15 bits per heavy atom. The molecule has 0 aliphatic carbocycles. The Morgan fingerprint density at radius 2 is 1.60 bits per heavy atom. The minimum absolute atomic E-state index is 0.288. The SMILES string of the molecule is CC(O)C(N)C(=O)N1CCN(C(=O)OC(C)(C)C)CC1. The molecule has 2 atom stereocenters. The lowest BCUT2D eigenvalue weighted by atomic mass is 10.1. The van der Waals surface area contributed by atoms with Crippen LogP contribution in [0.4, 0.5) is 4.79 Å². The average molecular weight is 287 g/mol. The number of piperazine rings is 1. The van der Waals surface area contributed by atoms with E-state index in [2.05, 4.69) is 0 Å². The molecule has 0 spiro atoms. The average Bonchev–Trinajstić information content (AvgIpc) is 2.35. The number of ether oxygens (including phenoxy) is 1. The number of hydrogen-bond donors (Lipinski definition) is 2. The van der Waals surface area contributed by atoms with E-state index >= 15 is 0 Å². The molecule has 0 aromatic rings. The Morgan fingerprint density at radius 3 is 2.00 bits per heavy atom. The Bertz CT molecular complexity index is 357. The van der Waals surface area contributed by atoms with Gasteiger partial charge in [-0.05, 0) is 27.7 Å². The molecule has 2 amide bonds. The summed E-state index contributed by atoms with van der Waals surface area (Å²) >= 11 is 0. The Labute approximate surface area is 119 Å². The molecule has 0 aromatic carbocycles.